The smallest absolute Gasteiger partial charge is 0.257 e. The van der Waals surface area contributed by atoms with Crippen molar-refractivity contribution >= 4 is 33.2 Å². The summed E-state index contributed by atoms with van der Waals surface area (Å²) in [6.07, 6.45) is 0. The van der Waals surface area contributed by atoms with E-state index in [2.05, 4.69) is 26.7 Å². The molecule has 0 radical (unpaired) electrons. The lowest BCUT2D eigenvalue weighted by atomic mass is 10.1. The van der Waals surface area contributed by atoms with Gasteiger partial charge in [0.05, 0.1) is 11.3 Å². The normalized spacial score (nSPS) is 10.2. The molecule has 0 aliphatic rings. The molecule has 0 unspecified atom stereocenters. The number of para-hydroxylation sites is 1. The SMILES string of the molecule is Cc1cc(Br)ccc1NC(=O)c1cccc(F)c1NN. The van der Waals surface area contributed by atoms with E-state index in [1.54, 1.807) is 6.07 Å². The summed E-state index contributed by atoms with van der Waals surface area (Å²) in [5, 5.41) is 2.73. The summed E-state index contributed by atoms with van der Waals surface area (Å²) in [5.74, 6) is 4.25. The van der Waals surface area contributed by atoms with Crippen molar-refractivity contribution in [2.75, 3.05) is 10.7 Å². The number of rotatable bonds is 3. The molecule has 2 aromatic rings. The molecular weight excluding hydrogens is 325 g/mol. The Hall–Kier alpha value is -1.92. The van der Waals surface area contributed by atoms with Gasteiger partial charge in [0.25, 0.3) is 5.91 Å². The van der Waals surface area contributed by atoms with Crippen LogP contribution in [0.5, 0.6) is 0 Å². The van der Waals surface area contributed by atoms with Crippen molar-refractivity contribution < 1.29 is 9.18 Å². The van der Waals surface area contributed by atoms with E-state index in [9.17, 15) is 9.18 Å². The molecule has 4 nitrogen and oxygen atoms in total. The van der Waals surface area contributed by atoms with Gasteiger partial charge in [-0.05, 0) is 42.8 Å². The quantitative estimate of drug-likeness (QED) is 0.593. The van der Waals surface area contributed by atoms with Crippen molar-refractivity contribution in [3.8, 4) is 0 Å². The van der Waals surface area contributed by atoms with Crippen molar-refractivity contribution in [3.63, 3.8) is 0 Å². The average Bonchev–Trinajstić information content (AvgIpc) is 2.41. The van der Waals surface area contributed by atoms with Crippen LogP contribution in [0, 0.1) is 12.7 Å². The minimum absolute atomic E-state index is 0.0280. The number of hydrazine groups is 1. The Morgan fingerprint density at radius 3 is 2.70 bits per heavy atom. The van der Waals surface area contributed by atoms with Gasteiger partial charge in [0, 0.05) is 10.2 Å². The monoisotopic (exact) mass is 337 g/mol. The molecule has 104 valence electrons. The molecule has 0 aliphatic heterocycles. The summed E-state index contributed by atoms with van der Waals surface area (Å²) in [6, 6.07) is 9.66. The third kappa shape index (κ3) is 2.97. The number of hydrogen-bond acceptors (Lipinski definition) is 3. The predicted octanol–water partition coefficient (Wildman–Crippen LogP) is 3.43. The Morgan fingerprint density at radius 2 is 2.05 bits per heavy atom. The first-order chi connectivity index (χ1) is 9.52. The Kier molecular flexibility index (Phi) is 4.36. The second-order valence-electron chi connectivity index (χ2n) is 4.22. The van der Waals surface area contributed by atoms with Crippen LogP contribution in [-0.4, -0.2) is 5.91 Å². The average molecular weight is 338 g/mol. The highest BCUT2D eigenvalue weighted by atomic mass is 79.9. The van der Waals surface area contributed by atoms with Crippen molar-refractivity contribution in [2.24, 2.45) is 5.84 Å². The molecule has 1 amide bonds. The van der Waals surface area contributed by atoms with Crippen molar-refractivity contribution in [2.45, 2.75) is 6.92 Å². The molecular formula is C14H13BrFN3O. The van der Waals surface area contributed by atoms with Crippen molar-refractivity contribution in [1.29, 1.82) is 0 Å². The Bertz CT molecular complexity index is 661. The Balaban J connectivity index is 2.31. The first-order valence-electron chi connectivity index (χ1n) is 5.85. The molecule has 6 heteroatoms. The molecule has 4 N–H and O–H groups in total. The number of halogens is 2. The molecule has 0 fully saturated rings. The molecule has 2 rings (SSSR count). The molecule has 20 heavy (non-hydrogen) atoms. The second kappa shape index (κ2) is 6.02. The highest BCUT2D eigenvalue weighted by Crippen LogP contribution is 2.23. The molecule has 0 aliphatic carbocycles. The number of benzene rings is 2. The van der Waals surface area contributed by atoms with Crippen LogP contribution >= 0.6 is 15.9 Å². The highest BCUT2D eigenvalue weighted by molar-refractivity contribution is 9.10. The van der Waals surface area contributed by atoms with Crippen LogP contribution in [-0.2, 0) is 0 Å². The largest absolute Gasteiger partial charge is 0.322 e. The van der Waals surface area contributed by atoms with Gasteiger partial charge >= 0.3 is 0 Å². The fourth-order valence-corrected chi connectivity index (χ4v) is 2.29. The number of carbonyl (C=O) groups is 1. The van der Waals surface area contributed by atoms with Gasteiger partial charge in [-0.15, -0.1) is 0 Å². The van der Waals surface area contributed by atoms with Gasteiger partial charge in [-0.25, -0.2) is 4.39 Å². The van der Waals surface area contributed by atoms with Gasteiger partial charge < -0.3 is 10.7 Å². The molecule has 2 aromatic carbocycles. The van der Waals surface area contributed by atoms with E-state index in [4.69, 9.17) is 5.84 Å². The van der Waals surface area contributed by atoms with Gasteiger partial charge in [-0.3, -0.25) is 10.6 Å². The van der Waals surface area contributed by atoms with Gasteiger partial charge in [-0.2, -0.15) is 0 Å². The summed E-state index contributed by atoms with van der Waals surface area (Å²) >= 11 is 3.35. The van der Waals surface area contributed by atoms with E-state index in [1.807, 2.05) is 19.1 Å². The summed E-state index contributed by atoms with van der Waals surface area (Å²) in [7, 11) is 0. The molecule has 0 spiro atoms. The Morgan fingerprint density at radius 1 is 1.30 bits per heavy atom. The first kappa shape index (κ1) is 14.5. The zero-order valence-electron chi connectivity index (χ0n) is 10.7. The van der Waals surface area contributed by atoms with E-state index >= 15 is 0 Å². The minimum atomic E-state index is -0.576. The standard InChI is InChI=1S/C14H13BrFN3O/c1-8-7-9(15)5-6-12(8)18-14(20)10-3-2-4-11(16)13(10)19-17/h2-7,19H,17H2,1H3,(H,18,20). The number of nitrogens with one attached hydrogen (secondary N) is 2. The van der Waals surface area contributed by atoms with E-state index < -0.39 is 11.7 Å². The highest BCUT2D eigenvalue weighted by Gasteiger charge is 2.15. The third-order valence-electron chi connectivity index (χ3n) is 2.84. The maximum absolute atomic E-state index is 13.6. The molecule has 0 aromatic heterocycles. The number of aryl methyl sites for hydroxylation is 1. The fourth-order valence-electron chi connectivity index (χ4n) is 1.82. The van der Waals surface area contributed by atoms with Crippen molar-refractivity contribution in [1.82, 2.24) is 0 Å². The van der Waals surface area contributed by atoms with Gasteiger partial charge in [0.1, 0.15) is 5.82 Å². The number of hydrogen-bond donors (Lipinski definition) is 3. The molecule has 0 bridgehead atoms. The molecule has 0 atom stereocenters. The number of carbonyl (C=O) groups excluding carboxylic acids is 1. The molecule has 0 saturated carbocycles. The van der Waals surface area contributed by atoms with Crippen LogP contribution in [0.25, 0.3) is 0 Å². The fraction of sp³-hybridized carbons (Fsp3) is 0.0714. The minimum Gasteiger partial charge on any atom is -0.322 e. The number of anilines is 2. The van der Waals surface area contributed by atoms with Crippen LogP contribution in [0.4, 0.5) is 15.8 Å². The van der Waals surface area contributed by atoms with E-state index in [0.29, 0.717) is 5.69 Å². The van der Waals surface area contributed by atoms with E-state index in [1.165, 1.54) is 18.2 Å². The lowest BCUT2D eigenvalue weighted by molar-refractivity contribution is 0.102. The molecule has 0 heterocycles. The summed E-state index contributed by atoms with van der Waals surface area (Å²) in [4.78, 5) is 12.2. The zero-order chi connectivity index (χ0) is 14.7. The van der Waals surface area contributed by atoms with Crippen LogP contribution in [0.2, 0.25) is 0 Å². The maximum atomic E-state index is 13.6. The van der Waals surface area contributed by atoms with Crippen LogP contribution in [0.3, 0.4) is 0 Å². The second-order valence-corrected chi connectivity index (χ2v) is 5.14. The summed E-state index contributed by atoms with van der Waals surface area (Å²) in [5.41, 5.74) is 3.88. The maximum Gasteiger partial charge on any atom is 0.257 e. The lowest BCUT2D eigenvalue weighted by Crippen LogP contribution is -2.18. The summed E-state index contributed by atoms with van der Waals surface area (Å²) < 4.78 is 14.5. The third-order valence-corrected chi connectivity index (χ3v) is 3.33. The predicted molar refractivity (Wildman–Crippen MR) is 81.0 cm³/mol. The number of nitrogens with two attached hydrogens (primary N) is 1. The van der Waals surface area contributed by atoms with E-state index in [-0.39, 0.29) is 11.3 Å². The van der Waals surface area contributed by atoms with Gasteiger partial charge in [0.15, 0.2) is 0 Å². The number of nitrogen functional groups attached to an aromatic ring is 1. The molecule has 0 saturated heterocycles. The first-order valence-corrected chi connectivity index (χ1v) is 6.65. The number of amides is 1. The Labute approximate surface area is 124 Å². The van der Waals surface area contributed by atoms with Crippen LogP contribution in [0.1, 0.15) is 15.9 Å². The van der Waals surface area contributed by atoms with Gasteiger partial charge in [-0.1, -0.05) is 22.0 Å². The zero-order valence-corrected chi connectivity index (χ0v) is 12.3. The lowest BCUT2D eigenvalue weighted by Gasteiger charge is -2.12. The van der Waals surface area contributed by atoms with Crippen LogP contribution < -0.4 is 16.6 Å². The summed E-state index contributed by atoms with van der Waals surface area (Å²) in [6.45, 7) is 1.87. The van der Waals surface area contributed by atoms with Gasteiger partial charge in [0.2, 0.25) is 0 Å². The van der Waals surface area contributed by atoms with Crippen LogP contribution in [0.15, 0.2) is 40.9 Å². The topological polar surface area (TPSA) is 67.2 Å². The van der Waals surface area contributed by atoms with E-state index in [0.717, 1.165) is 10.0 Å². The van der Waals surface area contributed by atoms with Crippen molar-refractivity contribution in [3.05, 3.63) is 57.8 Å².